The molecule has 1 saturated heterocycles. The third kappa shape index (κ3) is 5.45. The Morgan fingerprint density at radius 3 is 2.88 bits per heavy atom. The number of nitrogens with one attached hydrogen (secondary N) is 2. The van der Waals surface area contributed by atoms with Crippen LogP contribution in [-0.2, 0) is 13.0 Å². The van der Waals surface area contributed by atoms with Crippen LogP contribution < -0.4 is 10.6 Å². The highest BCUT2D eigenvalue weighted by Crippen LogP contribution is 2.06. The lowest BCUT2D eigenvalue weighted by molar-refractivity contribution is 0.119. The zero-order chi connectivity index (χ0) is 17.4. The van der Waals surface area contributed by atoms with E-state index >= 15 is 0 Å². The largest absolute Gasteiger partial charge is 0.357 e. The van der Waals surface area contributed by atoms with E-state index in [0.717, 1.165) is 64.0 Å². The lowest BCUT2D eigenvalue weighted by Crippen LogP contribution is -2.51. The molecule has 1 aromatic heterocycles. The maximum atomic E-state index is 4.77. The predicted molar refractivity (Wildman–Crippen MR) is 97.3 cm³/mol. The lowest BCUT2D eigenvalue weighted by Gasteiger charge is -2.36. The van der Waals surface area contributed by atoms with Crippen LogP contribution in [0.15, 0.2) is 11.3 Å². The molecule has 2 N–H and O–H groups in total. The summed E-state index contributed by atoms with van der Waals surface area (Å²) in [5, 5.41) is 14.8. The first-order valence-electron chi connectivity index (χ1n) is 8.91. The molecular weight excluding hydrogens is 304 g/mol. The first kappa shape index (κ1) is 18.7. The van der Waals surface area contributed by atoms with E-state index in [9.17, 15) is 0 Å². The molecule has 1 unspecified atom stereocenters. The summed E-state index contributed by atoms with van der Waals surface area (Å²) in [6, 6.07) is 0.476. The van der Waals surface area contributed by atoms with E-state index in [1.54, 1.807) is 6.33 Å². The summed E-state index contributed by atoms with van der Waals surface area (Å²) in [6.07, 6.45) is 2.69. The molecule has 1 aliphatic rings. The van der Waals surface area contributed by atoms with E-state index in [1.807, 2.05) is 0 Å². The molecule has 1 fully saturated rings. The zero-order valence-electron chi connectivity index (χ0n) is 15.5. The normalized spacial score (nSPS) is 20.3. The van der Waals surface area contributed by atoms with Crippen molar-refractivity contribution < 1.29 is 0 Å². The molecular formula is C16H32N8. The van der Waals surface area contributed by atoms with Gasteiger partial charge in [-0.3, -0.25) is 9.89 Å². The summed E-state index contributed by atoms with van der Waals surface area (Å²) in [5.41, 5.74) is 0. The van der Waals surface area contributed by atoms with Crippen molar-refractivity contribution in [2.24, 2.45) is 4.99 Å². The Kier molecular flexibility index (Phi) is 7.45. The second-order valence-electron chi connectivity index (χ2n) is 6.34. The highest BCUT2D eigenvalue weighted by atomic mass is 15.3. The number of likely N-dealkylation sites (N-methyl/N-ethyl adjacent to an activating group) is 2. The number of nitrogens with zero attached hydrogens (tertiary/aromatic N) is 6. The molecule has 1 aromatic rings. The minimum atomic E-state index is 0.476. The quantitative estimate of drug-likeness (QED) is 0.523. The Bertz CT molecular complexity index is 512. The van der Waals surface area contributed by atoms with Crippen molar-refractivity contribution in [2.75, 3.05) is 53.4 Å². The Morgan fingerprint density at radius 2 is 2.12 bits per heavy atom. The average molecular weight is 336 g/mol. The molecule has 0 spiro atoms. The summed E-state index contributed by atoms with van der Waals surface area (Å²) in [7, 11) is 4.36. The van der Waals surface area contributed by atoms with Crippen LogP contribution in [0.2, 0.25) is 0 Å². The van der Waals surface area contributed by atoms with Gasteiger partial charge < -0.3 is 20.1 Å². The molecule has 0 saturated carbocycles. The van der Waals surface area contributed by atoms with Crippen molar-refractivity contribution in [3.63, 3.8) is 0 Å². The van der Waals surface area contributed by atoms with E-state index in [1.165, 1.54) is 0 Å². The van der Waals surface area contributed by atoms with Crippen molar-refractivity contribution in [3.8, 4) is 0 Å². The smallest absolute Gasteiger partial charge is 0.191 e. The molecule has 1 aliphatic heterocycles. The van der Waals surface area contributed by atoms with Crippen LogP contribution in [0, 0.1) is 0 Å². The van der Waals surface area contributed by atoms with Gasteiger partial charge in [0, 0.05) is 51.7 Å². The van der Waals surface area contributed by atoms with Crippen molar-refractivity contribution in [3.05, 3.63) is 12.2 Å². The maximum absolute atomic E-state index is 4.77. The van der Waals surface area contributed by atoms with Gasteiger partial charge in [-0.15, -0.1) is 10.2 Å². The van der Waals surface area contributed by atoms with E-state index in [-0.39, 0.29) is 0 Å². The van der Waals surface area contributed by atoms with Gasteiger partial charge in [-0.2, -0.15) is 0 Å². The Balaban J connectivity index is 1.84. The number of piperazine rings is 1. The molecule has 136 valence electrons. The number of guanidine groups is 1. The maximum Gasteiger partial charge on any atom is 0.191 e. The van der Waals surface area contributed by atoms with Gasteiger partial charge in [0.25, 0.3) is 0 Å². The first-order valence-corrected chi connectivity index (χ1v) is 8.91. The van der Waals surface area contributed by atoms with Gasteiger partial charge in [0.15, 0.2) is 5.96 Å². The van der Waals surface area contributed by atoms with E-state index in [2.05, 4.69) is 63.1 Å². The number of aliphatic imine (C=N–C) groups is 1. The molecule has 8 nitrogen and oxygen atoms in total. The summed E-state index contributed by atoms with van der Waals surface area (Å²) >= 11 is 0. The van der Waals surface area contributed by atoms with Crippen molar-refractivity contribution in [1.82, 2.24) is 35.2 Å². The Labute approximate surface area is 145 Å². The van der Waals surface area contributed by atoms with Crippen molar-refractivity contribution >= 4 is 5.96 Å². The monoisotopic (exact) mass is 336 g/mol. The fraction of sp³-hybridized carbons (Fsp3) is 0.812. The van der Waals surface area contributed by atoms with Crippen LogP contribution in [0.3, 0.4) is 0 Å². The number of hydrogen-bond acceptors (Lipinski definition) is 5. The van der Waals surface area contributed by atoms with Crippen LogP contribution in [0.25, 0.3) is 0 Å². The second kappa shape index (κ2) is 9.58. The molecule has 24 heavy (non-hydrogen) atoms. The molecule has 0 aliphatic carbocycles. The summed E-state index contributed by atoms with van der Waals surface area (Å²) in [4.78, 5) is 9.54. The van der Waals surface area contributed by atoms with Gasteiger partial charge in [0.2, 0.25) is 0 Å². The lowest BCUT2D eigenvalue weighted by atomic mass is 10.2. The number of hydrogen-bond donors (Lipinski definition) is 2. The first-order chi connectivity index (χ1) is 11.6. The Morgan fingerprint density at radius 1 is 1.29 bits per heavy atom. The summed E-state index contributed by atoms with van der Waals surface area (Å²) in [5.74, 6) is 1.90. The van der Waals surface area contributed by atoms with Gasteiger partial charge in [0.1, 0.15) is 12.2 Å². The van der Waals surface area contributed by atoms with Crippen molar-refractivity contribution in [1.29, 1.82) is 0 Å². The highest BCUT2D eigenvalue weighted by Gasteiger charge is 2.21. The summed E-state index contributed by atoms with van der Waals surface area (Å²) < 4.78 is 2.08. The molecule has 2 heterocycles. The molecule has 0 radical (unpaired) electrons. The third-order valence-corrected chi connectivity index (χ3v) is 4.44. The van der Waals surface area contributed by atoms with E-state index < -0.39 is 0 Å². The van der Waals surface area contributed by atoms with Crippen LogP contribution in [0.4, 0.5) is 0 Å². The topological polar surface area (TPSA) is 73.6 Å². The van der Waals surface area contributed by atoms with Gasteiger partial charge >= 0.3 is 0 Å². The molecule has 0 amide bonds. The molecule has 8 heteroatoms. The zero-order valence-corrected chi connectivity index (χ0v) is 15.5. The van der Waals surface area contributed by atoms with Crippen LogP contribution >= 0.6 is 0 Å². The van der Waals surface area contributed by atoms with Gasteiger partial charge in [-0.1, -0.05) is 6.92 Å². The fourth-order valence-electron chi connectivity index (χ4n) is 2.87. The standard InChI is InChI=1S/C16H32N8/c1-5-15-21-20-13-24(15)8-7-18-16(17-6-2)19-11-14-12-22(3)9-10-23(14)4/h13-14H,5-12H2,1-4H3,(H2,17,18,19). The average Bonchev–Trinajstić information content (AvgIpc) is 3.03. The van der Waals surface area contributed by atoms with Crippen molar-refractivity contribution in [2.45, 2.75) is 32.9 Å². The minimum Gasteiger partial charge on any atom is -0.357 e. The Hall–Kier alpha value is -1.67. The third-order valence-electron chi connectivity index (χ3n) is 4.44. The van der Waals surface area contributed by atoms with Gasteiger partial charge in [0.05, 0.1) is 6.54 Å². The van der Waals surface area contributed by atoms with E-state index in [0.29, 0.717) is 6.04 Å². The summed E-state index contributed by atoms with van der Waals surface area (Å²) in [6.45, 7) is 10.8. The molecule has 2 rings (SSSR count). The number of rotatable bonds is 7. The van der Waals surface area contributed by atoms with Gasteiger partial charge in [-0.05, 0) is 21.0 Å². The molecule has 0 bridgehead atoms. The minimum absolute atomic E-state index is 0.476. The second-order valence-corrected chi connectivity index (χ2v) is 6.34. The SMILES string of the molecule is CCNC(=NCC1CN(C)CCN1C)NCCn1cnnc1CC. The van der Waals surface area contributed by atoms with E-state index in [4.69, 9.17) is 4.99 Å². The number of aromatic nitrogens is 3. The van der Waals surface area contributed by atoms with Crippen LogP contribution in [-0.4, -0.2) is 89.9 Å². The molecule has 1 atom stereocenters. The number of aryl methyl sites for hydroxylation is 1. The highest BCUT2D eigenvalue weighted by molar-refractivity contribution is 5.79. The van der Waals surface area contributed by atoms with Crippen LogP contribution in [0.5, 0.6) is 0 Å². The van der Waals surface area contributed by atoms with Crippen LogP contribution in [0.1, 0.15) is 19.7 Å². The molecule has 0 aromatic carbocycles. The fourth-order valence-corrected chi connectivity index (χ4v) is 2.87. The van der Waals surface area contributed by atoms with Gasteiger partial charge in [-0.25, -0.2) is 0 Å². The predicted octanol–water partition coefficient (Wildman–Crippen LogP) is -0.359.